The molecule has 0 aromatic carbocycles. The third-order valence-electron chi connectivity index (χ3n) is 3.37. The van der Waals surface area contributed by atoms with Gasteiger partial charge in [-0.1, -0.05) is 0 Å². The van der Waals surface area contributed by atoms with Crippen LogP contribution in [0.15, 0.2) is 11.6 Å². The second-order valence-electron chi connectivity index (χ2n) is 4.92. The van der Waals surface area contributed by atoms with Gasteiger partial charge in [0.05, 0.1) is 5.25 Å². The summed E-state index contributed by atoms with van der Waals surface area (Å²) in [5.74, 6) is -0.166. The van der Waals surface area contributed by atoms with E-state index in [0.717, 1.165) is 18.4 Å². The summed E-state index contributed by atoms with van der Waals surface area (Å²) >= 11 is 0. The van der Waals surface area contributed by atoms with Crippen molar-refractivity contribution in [1.82, 2.24) is 4.72 Å². The molecule has 0 radical (unpaired) electrons. The van der Waals surface area contributed by atoms with Crippen LogP contribution in [-0.4, -0.2) is 25.1 Å². The molecule has 0 aliphatic heterocycles. The lowest BCUT2D eigenvalue weighted by Gasteiger charge is -2.13. The number of nitrogens with one attached hydrogen (secondary N) is 1. The Morgan fingerprint density at radius 3 is 2.50 bits per heavy atom. The lowest BCUT2D eigenvalue weighted by molar-refractivity contribution is -0.120. The Morgan fingerprint density at radius 2 is 2.00 bits per heavy atom. The number of rotatable bonds is 4. The second-order valence-corrected chi connectivity index (χ2v) is 6.88. The molecular weight excluding hydrogens is 228 g/mol. The first-order valence-corrected chi connectivity index (χ1v) is 7.06. The van der Waals surface area contributed by atoms with Gasteiger partial charge in [-0.3, -0.25) is 9.52 Å². The van der Waals surface area contributed by atoms with Crippen LogP contribution in [0, 0.1) is 5.92 Å². The zero-order valence-corrected chi connectivity index (χ0v) is 9.59. The van der Waals surface area contributed by atoms with Crippen LogP contribution in [-0.2, 0) is 14.8 Å². The fourth-order valence-corrected chi connectivity index (χ4v) is 3.28. The van der Waals surface area contributed by atoms with Crippen LogP contribution in [0.25, 0.3) is 0 Å². The van der Waals surface area contributed by atoms with Crippen molar-refractivity contribution < 1.29 is 13.2 Å². The summed E-state index contributed by atoms with van der Waals surface area (Å²) in [7, 11) is -3.47. The van der Waals surface area contributed by atoms with Crippen LogP contribution < -0.4 is 10.5 Å². The molecule has 2 fully saturated rings. The van der Waals surface area contributed by atoms with Gasteiger partial charge in [0.2, 0.25) is 10.0 Å². The van der Waals surface area contributed by atoms with Crippen LogP contribution >= 0.6 is 0 Å². The normalized spacial score (nSPS) is 33.2. The zero-order valence-electron chi connectivity index (χ0n) is 8.77. The summed E-state index contributed by atoms with van der Waals surface area (Å²) in [6, 6.07) is 0. The molecule has 0 bridgehead atoms. The molecule has 0 aromatic rings. The monoisotopic (exact) mass is 242 g/mol. The predicted molar refractivity (Wildman–Crippen MR) is 57.8 cm³/mol. The van der Waals surface area contributed by atoms with E-state index in [4.69, 9.17) is 5.73 Å². The molecule has 5 nitrogen and oxygen atoms in total. The molecule has 0 spiro atoms. The fraction of sp³-hybridized carbons (Fsp3) is 0.700. The molecule has 1 atom stereocenters. The minimum atomic E-state index is -3.47. The molecule has 0 aromatic heterocycles. The van der Waals surface area contributed by atoms with Gasteiger partial charge in [0.1, 0.15) is 5.54 Å². The van der Waals surface area contributed by atoms with Crippen molar-refractivity contribution in [3.05, 3.63) is 11.6 Å². The highest BCUT2D eigenvalue weighted by atomic mass is 32.2. The van der Waals surface area contributed by atoms with E-state index in [-0.39, 0.29) is 5.25 Å². The van der Waals surface area contributed by atoms with Gasteiger partial charge in [-0.25, -0.2) is 8.42 Å². The fourth-order valence-electron chi connectivity index (χ4n) is 1.93. The van der Waals surface area contributed by atoms with E-state index < -0.39 is 21.5 Å². The van der Waals surface area contributed by atoms with Crippen molar-refractivity contribution in [1.29, 1.82) is 0 Å². The Hall–Kier alpha value is -0.880. The van der Waals surface area contributed by atoms with Crippen LogP contribution in [0.4, 0.5) is 0 Å². The average molecular weight is 242 g/mol. The Balaban J connectivity index is 1.66. The maximum atomic E-state index is 11.8. The van der Waals surface area contributed by atoms with Gasteiger partial charge < -0.3 is 5.73 Å². The molecule has 3 N–H and O–H groups in total. The zero-order chi connectivity index (χ0) is 11.6. The molecule has 0 unspecified atom stereocenters. The van der Waals surface area contributed by atoms with Gasteiger partial charge in [-0.15, -0.1) is 0 Å². The van der Waals surface area contributed by atoms with Crippen LogP contribution in [0.2, 0.25) is 0 Å². The first-order chi connectivity index (χ1) is 7.43. The SMILES string of the molecule is N[C@]1(C(=O)NS(=O)(=O)C2CC2)C=C1C1CC1. The van der Waals surface area contributed by atoms with E-state index in [2.05, 4.69) is 4.72 Å². The highest BCUT2D eigenvalue weighted by molar-refractivity contribution is 7.91. The van der Waals surface area contributed by atoms with E-state index in [9.17, 15) is 13.2 Å². The molecule has 0 saturated heterocycles. The molecule has 16 heavy (non-hydrogen) atoms. The van der Waals surface area contributed by atoms with Crippen molar-refractivity contribution in [3.63, 3.8) is 0 Å². The molecule has 2 saturated carbocycles. The molecule has 3 rings (SSSR count). The third kappa shape index (κ3) is 1.56. The van der Waals surface area contributed by atoms with E-state index in [0.29, 0.717) is 18.8 Å². The van der Waals surface area contributed by atoms with E-state index in [1.807, 2.05) is 0 Å². The van der Waals surface area contributed by atoms with Gasteiger partial charge in [-0.05, 0) is 43.3 Å². The number of carbonyl (C=O) groups excluding carboxylic acids is 1. The number of carbonyl (C=O) groups is 1. The van der Waals surface area contributed by atoms with E-state index >= 15 is 0 Å². The van der Waals surface area contributed by atoms with Crippen molar-refractivity contribution in [2.75, 3.05) is 0 Å². The van der Waals surface area contributed by atoms with Crippen molar-refractivity contribution in [2.45, 2.75) is 36.5 Å². The molecule has 88 valence electrons. The summed E-state index contributed by atoms with van der Waals surface area (Å²) < 4.78 is 25.2. The molecule has 3 aliphatic carbocycles. The van der Waals surface area contributed by atoms with Gasteiger partial charge in [0.15, 0.2) is 0 Å². The van der Waals surface area contributed by atoms with E-state index in [1.54, 1.807) is 6.08 Å². The maximum absolute atomic E-state index is 11.8. The Morgan fingerprint density at radius 1 is 1.38 bits per heavy atom. The molecule has 3 aliphatic rings. The molecular formula is C10H14N2O3S. The summed E-state index contributed by atoms with van der Waals surface area (Å²) in [4.78, 5) is 11.8. The van der Waals surface area contributed by atoms with Gasteiger partial charge >= 0.3 is 0 Å². The quantitative estimate of drug-likeness (QED) is 0.659. The minimum Gasteiger partial charge on any atom is -0.311 e. The number of amides is 1. The lowest BCUT2D eigenvalue weighted by atomic mass is 10.1. The average Bonchev–Trinajstić information content (AvgIpc) is 3.03. The summed E-state index contributed by atoms with van der Waals surface area (Å²) in [5, 5.41) is -0.386. The first-order valence-electron chi connectivity index (χ1n) is 5.51. The summed E-state index contributed by atoms with van der Waals surface area (Å²) in [6.45, 7) is 0. The minimum absolute atomic E-state index is 0.386. The largest absolute Gasteiger partial charge is 0.311 e. The molecule has 1 amide bonds. The van der Waals surface area contributed by atoms with Crippen LogP contribution in [0.1, 0.15) is 25.7 Å². The Bertz CT molecular complexity index is 488. The third-order valence-corrected chi connectivity index (χ3v) is 5.19. The highest BCUT2D eigenvalue weighted by Gasteiger charge is 2.54. The van der Waals surface area contributed by atoms with Crippen molar-refractivity contribution >= 4 is 15.9 Å². The lowest BCUT2D eigenvalue weighted by Crippen LogP contribution is -2.48. The van der Waals surface area contributed by atoms with Crippen LogP contribution in [0.5, 0.6) is 0 Å². The summed E-state index contributed by atoms with van der Waals surface area (Å²) in [6.07, 6.45) is 5.09. The highest BCUT2D eigenvalue weighted by Crippen LogP contribution is 2.49. The van der Waals surface area contributed by atoms with Crippen molar-refractivity contribution in [3.8, 4) is 0 Å². The second kappa shape index (κ2) is 2.87. The van der Waals surface area contributed by atoms with Gasteiger partial charge in [0, 0.05) is 0 Å². The Labute approximate surface area is 94.1 Å². The van der Waals surface area contributed by atoms with Gasteiger partial charge in [0.25, 0.3) is 5.91 Å². The van der Waals surface area contributed by atoms with Gasteiger partial charge in [-0.2, -0.15) is 0 Å². The number of nitrogens with two attached hydrogens (primary N) is 1. The number of sulfonamides is 1. The van der Waals surface area contributed by atoms with Crippen molar-refractivity contribution in [2.24, 2.45) is 11.7 Å². The smallest absolute Gasteiger partial charge is 0.261 e. The standard InChI is InChI=1S/C10H14N2O3S/c11-10(5-8(10)6-1-2-6)9(13)12-16(14,15)7-3-4-7/h5-7H,1-4,11H2,(H,12,13)/t10-/m1/s1. The molecule has 0 heterocycles. The van der Waals surface area contributed by atoms with E-state index in [1.165, 1.54) is 0 Å². The van der Waals surface area contributed by atoms with Crippen LogP contribution in [0.3, 0.4) is 0 Å². The first kappa shape index (κ1) is 10.3. The topological polar surface area (TPSA) is 89.3 Å². The maximum Gasteiger partial charge on any atom is 0.261 e. The predicted octanol–water partition coefficient (Wildman–Crippen LogP) is -0.358. The Kier molecular flexibility index (Phi) is 1.84. The number of hydrogen-bond donors (Lipinski definition) is 2. The number of hydrogen-bond acceptors (Lipinski definition) is 4. The molecule has 6 heteroatoms. The summed E-state index contributed by atoms with van der Waals surface area (Å²) in [5.41, 5.74) is 5.64.